The molecule has 1 aromatic rings. The molecule has 1 aromatic carbocycles. The highest BCUT2D eigenvalue weighted by molar-refractivity contribution is 5.94. The summed E-state index contributed by atoms with van der Waals surface area (Å²) < 4.78 is 0. The lowest BCUT2D eigenvalue weighted by molar-refractivity contribution is -0.130. The number of nitrogens with zero attached hydrogens (tertiary/aromatic N) is 3. The number of fused-ring (bicyclic) bond motifs is 1. The Morgan fingerprint density at radius 1 is 1.23 bits per heavy atom. The molecule has 2 saturated heterocycles. The standard InChI is InChI=1S/C20H24N4O2/c1-13-4-6-14(7-5-13)20(26)23-11-16-17(12-23)19(16)22-10-18(25)24-8-2-3-15(24)9-21/h4-7,15-17,19,22H,2-3,8,10-12H2,1H3. The van der Waals surface area contributed by atoms with E-state index in [-0.39, 0.29) is 17.9 Å². The van der Waals surface area contributed by atoms with Gasteiger partial charge in [0.05, 0.1) is 12.6 Å². The van der Waals surface area contributed by atoms with Gasteiger partial charge in [0.1, 0.15) is 6.04 Å². The first kappa shape index (κ1) is 17.0. The second-order valence-corrected chi connectivity index (χ2v) is 7.68. The number of benzene rings is 1. The maximum atomic E-state index is 12.6. The van der Waals surface area contributed by atoms with Crippen LogP contribution in [0.4, 0.5) is 0 Å². The van der Waals surface area contributed by atoms with Crippen molar-refractivity contribution in [2.75, 3.05) is 26.2 Å². The Balaban J connectivity index is 1.25. The molecule has 3 aliphatic rings. The molecule has 0 aromatic heterocycles. The Hall–Kier alpha value is -2.39. The van der Waals surface area contributed by atoms with Crippen LogP contribution in [0, 0.1) is 30.1 Å². The monoisotopic (exact) mass is 352 g/mol. The van der Waals surface area contributed by atoms with Crippen LogP contribution in [-0.2, 0) is 4.79 Å². The number of nitriles is 1. The number of hydrogen-bond donors (Lipinski definition) is 1. The molecule has 1 N–H and O–H groups in total. The fraction of sp³-hybridized carbons (Fsp3) is 0.550. The number of carbonyl (C=O) groups excluding carboxylic acids is 2. The molecule has 136 valence electrons. The number of aryl methyl sites for hydroxylation is 1. The third-order valence-electron chi connectivity index (χ3n) is 5.99. The van der Waals surface area contributed by atoms with Crippen molar-refractivity contribution < 1.29 is 9.59 Å². The molecular formula is C20H24N4O2. The van der Waals surface area contributed by atoms with Crippen molar-refractivity contribution in [2.45, 2.75) is 31.8 Å². The van der Waals surface area contributed by atoms with Gasteiger partial charge in [0.15, 0.2) is 0 Å². The van der Waals surface area contributed by atoms with Crippen molar-refractivity contribution in [1.82, 2.24) is 15.1 Å². The summed E-state index contributed by atoms with van der Waals surface area (Å²) in [5.41, 5.74) is 1.89. The first-order valence-electron chi connectivity index (χ1n) is 9.37. The predicted molar refractivity (Wildman–Crippen MR) is 96.2 cm³/mol. The molecule has 0 bridgehead atoms. The van der Waals surface area contributed by atoms with Crippen LogP contribution >= 0.6 is 0 Å². The van der Waals surface area contributed by atoms with Gasteiger partial charge in [-0.25, -0.2) is 0 Å². The van der Waals surface area contributed by atoms with Crippen LogP contribution in [0.15, 0.2) is 24.3 Å². The van der Waals surface area contributed by atoms with Crippen molar-refractivity contribution in [2.24, 2.45) is 11.8 Å². The Bertz CT molecular complexity index is 742. The minimum absolute atomic E-state index is 0.0200. The molecule has 4 rings (SSSR count). The number of piperidine rings is 1. The van der Waals surface area contributed by atoms with Gasteiger partial charge >= 0.3 is 0 Å². The molecule has 1 saturated carbocycles. The molecule has 2 amide bonds. The fourth-order valence-corrected chi connectivity index (χ4v) is 4.38. The summed E-state index contributed by atoms with van der Waals surface area (Å²) in [7, 11) is 0. The Labute approximate surface area is 153 Å². The van der Waals surface area contributed by atoms with Gasteiger partial charge in [-0.2, -0.15) is 5.26 Å². The smallest absolute Gasteiger partial charge is 0.253 e. The molecule has 2 heterocycles. The van der Waals surface area contributed by atoms with E-state index in [0.29, 0.717) is 31.0 Å². The molecule has 0 spiro atoms. The summed E-state index contributed by atoms with van der Waals surface area (Å²) in [6.07, 6.45) is 1.70. The second kappa shape index (κ2) is 6.73. The van der Waals surface area contributed by atoms with Gasteiger partial charge in [0.25, 0.3) is 5.91 Å². The average molecular weight is 352 g/mol. The van der Waals surface area contributed by atoms with Gasteiger partial charge in [-0.15, -0.1) is 0 Å². The van der Waals surface area contributed by atoms with Crippen LogP contribution in [-0.4, -0.2) is 59.9 Å². The van der Waals surface area contributed by atoms with Crippen molar-refractivity contribution in [3.8, 4) is 6.07 Å². The Kier molecular flexibility index (Phi) is 4.41. The highest BCUT2D eigenvalue weighted by Gasteiger charge is 2.56. The molecule has 2 aliphatic heterocycles. The highest BCUT2D eigenvalue weighted by Crippen LogP contribution is 2.45. The van der Waals surface area contributed by atoms with Crippen molar-refractivity contribution in [3.05, 3.63) is 35.4 Å². The lowest BCUT2D eigenvalue weighted by Crippen LogP contribution is -2.43. The molecule has 26 heavy (non-hydrogen) atoms. The second-order valence-electron chi connectivity index (χ2n) is 7.68. The van der Waals surface area contributed by atoms with E-state index < -0.39 is 0 Å². The van der Waals surface area contributed by atoms with Crippen LogP contribution in [0.3, 0.4) is 0 Å². The quantitative estimate of drug-likeness (QED) is 0.882. The third kappa shape index (κ3) is 3.08. The van der Waals surface area contributed by atoms with Crippen molar-refractivity contribution in [1.29, 1.82) is 5.26 Å². The van der Waals surface area contributed by atoms with Crippen molar-refractivity contribution in [3.63, 3.8) is 0 Å². The first-order chi connectivity index (χ1) is 12.6. The van der Waals surface area contributed by atoms with E-state index in [1.807, 2.05) is 36.1 Å². The Morgan fingerprint density at radius 2 is 1.92 bits per heavy atom. The van der Waals surface area contributed by atoms with Crippen LogP contribution < -0.4 is 5.32 Å². The van der Waals surface area contributed by atoms with Gasteiger partial charge < -0.3 is 15.1 Å². The lowest BCUT2D eigenvalue weighted by Gasteiger charge is -2.22. The van der Waals surface area contributed by atoms with Crippen LogP contribution in [0.1, 0.15) is 28.8 Å². The molecule has 3 unspecified atom stereocenters. The average Bonchev–Trinajstić information content (AvgIpc) is 3.03. The third-order valence-corrected chi connectivity index (χ3v) is 5.99. The normalized spacial score (nSPS) is 29.4. The number of hydrogen-bond acceptors (Lipinski definition) is 4. The van der Waals surface area contributed by atoms with E-state index in [2.05, 4.69) is 11.4 Å². The summed E-state index contributed by atoms with van der Waals surface area (Å²) in [6.45, 7) is 4.51. The van der Waals surface area contributed by atoms with E-state index in [0.717, 1.165) is 37.1 Å². The zero-order valence-corrected chi connectivity index (χ0v) is 15.0. The maximum Gasteiger partial charge on any atom is 0.253 e. The molecule has 6 heteroatoms. The maximum absolute atomic E-state index is 12.6. The topological polar surface area (TPSA) is 76.4 Å². The molecule has 3 atom stereocenters. The molecule has 1 aliphatic carbocycles. The SMILES string of the molecule is Cc1ccc(C(=O)N2CC3C(C2)C3NCC(=O)N2CCCC2C#N)cc1. The minimum atomic E-state index is -0.259. The number of likely N-dealkylation sites (tertiary alicyclic amines) is 2. The predicted octanol–water partition coefficient (Wildman–Crippen LogP) is 1.17. The number of carbonyl (C=O) groups is 2. The summed E-state index contributed by atoms with van der Waals surface area (Å²) in [4.78, 5) is 28.5. The number of nitrogens with one attached hydrogen (secondary N) is 1. The zero-order valence-electron chi connectivity index (χ0n) is 15.0. The summed E-state index contributed by atoms with van der Waals surface area (Å²) in [6, 6.07) is 9.98. The van der Waals surface area contributed by atoms with Crippen LogP contribution in [0.5, 0.6) is 0 Å². The van der Waals surface area contributed by atoms with E-state index in [1.54, 1.807) is 4.90 Å². The van der Waals surface area contributed by atoms with E-state index >= 15 is 0 Å². The molecule has 0 radical (unpaired) electrons. The van der Waals surface area contributed by atoms with Crippen molar-refractivity contribution >= 4 is 11.8 Å². The highest BCUT2D eigenvalue weighted by atomic mass is 16.2. The van der Waals surface area contributed by atoms with Crippen LogP contribution in [0.25, 0.3) is 0 Å². The zero-order chi connectivity index (χ0) is 18.3. The first-order valence-corrected chi connectivity index (χ1v) is 9.37. The molecular weight excluding hydrogens is 328 g/mol. The Morgan fingerprint density at radius 3 is 2.58 bits per heavy atom. The number of rotatable bonds is 4. The van der Waals surface area contributed by atoms with Gasteiger partial charge in [-0.3, -0.25) is 9.59 Å². The summed E-state index contributed by atoms with van der Waals surface area (Å²) in [5, 5.41) is 12.4. The van der Waals surface area contributed by atoms with E-state index in [1.165, 1.54) is 0 Å². The van der Waals surface area contributed by atoms with Crippen LogP contribution in [0.2, 0.25) is 0 Å². The van der Waals surface area contributed by atoms with Gasteiger partial charge in [-0.05, 0) is 43.7 Å². The number of amides is 2. The van der Waals surface area contributed by atoms with Gasteiger partial charge in [0, 0.05) is 31.2 Å². The van der Waals surface area contributed by atoms with E-state index in [4.69, 9.17) is 5.26 Å². The van der Waals surface area contributed by atoms with Gasteiger partial charge in [-0.1, -0.05) is 17.7 Å². The molecule has 3 fully saturated rings. The van der Waals surface area contributed by atoms with Gasteiger partial charge in [0.2, 0.25) is 5.91 Å². The van der Waals surface area contributed by atoms with E-state index in [9.17, 15) is 9.59 Å². The lowest BCUT2D eigenvalue weighted by atomic mass is 10.1. The fourth-order valence-electron chi connectivity index (χ4n) is 4.38. The minimum Gasteiger partial charge on any atom is -0.338 e. The molecule has 6 nitrogen and oxygen atoms in total. The summed E-state index contributed by atoms with van der Waals surface area (Å²) >= 11 is 0. The summed E-state index contributed by atoms with van der Waals surface area (Å²) in [5.74, 6) is 1.01. The largest absolute Gasteiger partial charge is 0.338 e.